The maximum atomic E-state index is 10.7. The van der Waals surface area contributed by atoms with Gasteiger partial charge >= 0.3 is 0 Å². The van der Waals surface area contributed by atoms with Crippen molar-refractivity contribution in [2.75, 3.05) is 5.73 Å². The summed E-state index contributed by atoms with van der Waals surface area (Å²) in [7, 11) is 0. The molecule has 0 radical (unpaired) electrons. The second kappa shape index (κ2) is 6.80. The molecule has 4 atom stereocenters. The first kappa shape index (κ1) is 17.5. The second-order valence-corrected chi connectivity index (χ2v) is 8.57. The Kier molecular flexibility index (Phi) is 4.26. The van der Waals surface area contributed by atoms with Crippen LogP contribution < -0.4 is 5.73 Å². The molecule has 0 saturated heterocycles. The molecule has 0 unspecified atom stereocenters. The molecule has 0 bridgehead atoms. The van der Waals surface area contributed by atoms with Crippen molar-refractivity contribution in [2.24, 2.45) is 5.92 Å². The van der Waals surface area contributed by atoms with E-state index in [0.717, 1.165) is 23.7 Å². The summed E-state index contributed by atoms with van der Waals surface area (Å²) < 4.78 is 3.10. The lowest BCUT2D eigenvalue weighted by Gasteiger charge is -2.19. The van der Waals surface area contributed by atoms with E-state index in [9.17, 15) is 10.2 Å². The van der Waals surface area contributed by atoms with Crippen molar-refractivity contribution in [3.8, 4) is 0 Å². The van der Waals surface area contributed by atoms with Crippen molar-refractivity contribution in [3.05, 3.63) is 47.9 Å². The van der Waals surface area contributed by atoms with E-state index in [1.807, 2.05) is 22.9 Å². The number of aromatic nitrogens is 4. The smallest absolute Gasteiger partial charge is 0.145 e. The Bertz CT molecular complexity index is 1110. The van der Waals surface area contributed by atoms with Crippen molar-refractivity contribution in [2.45, 2.75) is 37.5 Å². The number of nitrogens with zero attached hydrogens (tertiary/aromatic N) is 4. The second-order valence-electron chi connectivity index (χ2n) is 7.40. The van der Waals surface area contributed by atoms with Gasteiger partial charge in [0.05, 0.1) is 27.7 Å². The molecule has 5 rings (SSSR count). The monoisotopic (exact) mass is 395 g/mol. The molecule has 0 aliphatic heterocycles. The first-order valence-corrected chi connectivity index (χ1v) is 10.2. The first-order valence-electron chi connectivity index (χ1n) is 9.38. The van der Waals surface area contributed by atoms with Crippen molar-refractivity contribution in [1.29, 1.82) is 0 Å². The van der Waals surface area contributed by atoms with Crippen LogP contribution >= 0.6 is 11.3 Å². The van der Waals surface area contributed by atoms with Crippen LogP contribution in [0, 0.1) is 5.92 Å². The molecule has 8 heteroatoms. The molecule has 0 spiro atoms. The standard InChI is InChI=1S/C20H21N5O2S/c21-19-13-5-7-25(20(13)24-10-23-19)15-8-11(17(26)18(15)27)3-4-12-9-14-16(28-12)2-1-6-22-14/h1-2,5-7,9-11,15,17-18,26-27H,3-4,8H2,(H2,21,23,24)/t11-,15+,17+,18-/m0/s1. The topological polar surface area (TPSA) is 110 Å². The Morgan fingerprint density at radius 3 is 2.93 bits per heavy atom. The minimum absolute atomic E-state index is 0.0230. The van der Waals surface area contributed by atoms with E-state index < -0.39 is 12.2 Å². The third-order valence-corrected chi connectivity index (χ3v) is 6.92. The third-order valence-electron chi connectivity index (χ3n) is 5.77. The molecule has 1 saturated carbocycles. The molecule has 0 aromatic carbocycles. The van der Waals surface area contributed by atoms with Crippen molar-refractivity contribution in [1.82, 2.24) is 19.5 Å². The van der Waals surface area contributed by atoms with Gasteiger partial charge in [0.2, 0.25) is 0 Å². The number of aliphatic hydroxyl groups excluding tert-OH is 2. The van der Waals surface area contributed by atoms with Gasteiger partial charge in [-0.3, -0.25) is 4.98 Å². The van der Waals surface area contributed by atoms with Gasteiger partial charge in [-0.05, 0) is 49.4 Å². The number of pyridine rings is 1. The molecule has 1 fully saturated rings. The van der Waals surface area contributed by atoms with E-state index in [1.165, 1.54) is 15.9 Å². The Labute approximate surface area is 165 Å². The van der Waals surface area contributed by atoms with E-state index in [-0.39, 0.29) is 12.0 Å². The van der Waals surface area contributed by atoms with Gasteiger partial charge in [0, 0.05) is 17.3 Å². The van der Waals surface area contributed by atoms with Crippen LogP contribution in [0.25, 0.3) is 21.3 Å². The number of aryl methyl sites for hydroxylation is 1. The number of rotatable bonds is 4. The molecule has 28 heavy (non-hydrogen) atoms. The Balaban J connectivity index is 1.35. The molecular formula is C20H21N5O2S. The van der Waals surface area contributed by atoms with Crippen LogP contribution in [0.5, 0.6) is 0 Å². The van der Waals surface area contributed by atoms with Crippen LogP contribution in [0.15, 0.2) is 43.0 Å². The lowest BCUT2D eigenvalue weighted by Crippen LogP contribution is -2.29. The van der Waals surface area contributed by atoms with Gasteiger partial charge in [-0.2, -0.15) is 0 Å². The van der Waals surface area contributed by atoms with Crippen LogP contribution in [0.4, 0.5) is 5.82 Å². The maximum Gasteiger partial charge on any atom is 0.145 e. The fourth-order valence-electron chi connectivity index (χ4n) is 4.29. The molecule has 4 aromatic heterocycles. The number of nitrogens with two attached hydrogens (primary N) is 1. The molecule has 1 aliphatic carbocycles. The first-order chi connectivity index (χ1) is 13.6. The fraction of sp³-hybridized carbons (Fsp3) is 0.350. The summed E-state index contributed by atoms with van der Waals surface area (Å²) in [5.74, 6) is 0.446. The van der Waals surface area contributed by atoms with Crippen LogP contribution in [0.3, 0.4) is 0 Å². The van der Waals surface area contributed by atoms with Gasteiger partial charge in [0.15, 0.2) is 0 Å². The number of anilines is 1. The SMILES string of the molecule is Nc1ncnc2c1ccn2[C@@H]1C[C@H](CCc2cc3ncccc3s2)[C@@H](O)[C@H]1O. The highest BCUT2D eigenvalue weighted by Crippen LogP contribution is 2.40. The predicted molar refractivity (Wildman–Crippen MR) is 109 cm³/mol. The molecule has 7 nitrogen and oxygen atoms in total. The quantitative estimate of drug-likeness (QED) is 0.490. The largest absolute Gasteiger partial charge is 0.390 e. The predicted octanol–water partition coefficient (Wildman–Crippen LogP) is 2.54. The summed E-state index contributed by atoms with van der Waals surface area (Å²) in [4.78, 5) is 14.0. The zero-order chi connectivity index (χ0) is 19.3. The Morgan fingerprint density at radius 2 is 2.07 bits per heavy atom. The summed E-state index contributed by atoms with van der Waals surface area (Å²) in [6, 6.07) is 7.78. The average molecular weight is 395 g/mol. The number of thiophene rings is 1. The highest BCUT2D eigenvalue weighted by Gasteiger charge is 2.42. The van der Waals surface area contributed by atoms with E-state index in [1.54, 1.807) is 17.5 Å². The van der Waals surface area contributed by atoms with E-state index >= 15 is 0 Å². The summed E-state index contributed by atoms with van der Waals surface area (Å²) >= 11 is 1.74. The molecule has 0 amide bonds. The van der Waals surface area contributed by atoms with Gasteiger partial charge in [-0.15, -0.1) is 11.3 Å². The Hall–Kier alpha value is -2.55. The van der Waals surface area contributed by atoms with Crippen LogP contribution in [0.1, 0.15) is 23.8 Å². The summed E-state index contributed by atoms with van der Waals surface area (Å²) in [5.41, 5.74) is 7.63. The fourth-order valence-corrected chi connectivity index (χ4v) is 5.33. The number of nitrogen functional groups attached to an aromatic ring is 1. The normalized spacial score (nSPS) is 25.1. The number of aliphatic hydroxyl groups is 2. The number of hydrogen-bond donors (Lipinski definition) is 3. The minimum atomic E-state index is -0.833. The molecule has 4 N–H and O–H groups in total. The zero-order valence-electron chi connectivity index (χ0n) is 15.1. The average Bonchev–Trinajstić information content (AvgIpc) is 3.38. The summed E-state index contributed by atoms with van der Waals surface area (Å²) in [6.07, 6.45) is 5.89. The van der Waals surface area contributed by atoms with Crippen molar-refractivity contribution >= 4 is 38.4 Å². The van der Waals surface area contributed by atoms with Gasteiger partial charge in [0.1, 0.15) is 23.9 Å². The van der Waals surface area contributed by atoms with Crippen molar-refractivity contribution in [3.63, 3.8) is 0 Å². The van der Waals surface area contributed by atoms with Gasteiger partial charge in [0.25, 0.3) is 0 Å². The van der Waals surface area contributed by atoms with Gasteiger partial charge in [-0.1, -0.05) is 0 Å². The lowest BCUT2D eigenvalue weighted by atomic mass is 9.98. The zero-order valence-corrected chi connectivity index (χ0v) is 16.0. The molecular weight excluding hydrogens is 374 g/mol. The van der Waals surface area contributed by atoms with E-state index in [4.69, 9.17) is 5.73 Å². The minimum Gasteiger partial charge on any atom is -0.390 e. The molecule has 4 aromatic rings. The van der Waals surface area contributed by atoms with Crippen molar-refractivity contribution < 1.29 is 10.2 Å². The highest BCUT2D eigenvalue weighted by molar-refractivity contribution is 7.19. The maximum absolute atomic E-state index is 10.7. The van der Waals surface area contributed by atoms with Gasteiger partial charge in [-0.25, -0.2) is 9.97 Å². The van der Waals surface area contributed by atoms with Gasteiger partial charge < -0.3 is 20.5 Å². The van der Waals surface area contributed by atoms with Crippen LogP contribution in [-0.4, -0.2) is 41.9 Å². The van der Waals surface area contributed by atoms with Crippen LogP contribution in [0.2, 0.25) is 0 Å². The molecule has 4 heterocycles. The number of hydrogen-bond acceptors (Lipinski definition) is 7. The summed E-state index contributed by atoms with van der Waals surface area (Å²) in [6.45, 7) is 0. The molecule has 1 aliphatic rings. The third kappa shape index (κ3) is 2.85. The van der Waals surface area contributed by atoms with E-state index in [0.29, 0.717) is 17.9 Å². The van der Waals surface area contributed by atoms with E-state index in [2.05, 4.69) is 27.1 Å². The molecule has 144 valence electrons. The number of fused-ring (bicyclic) bond motifs is 2. The summed E-state index contributed by atoms with van der Waals surface area (Å²) in [5, 5.41) is 22.1. The van der Waals surface area contributed by atoms with Crippen LogP contribution in [-0.2, 0) is 6.42 Å². The lowest BCUT2D eigenvalue weighted by molar-refractivity contribution is 0.00548. The Morgan fingerprint density at radius 1 is 1.18 bits per heavy atom. The highest BCUT2D eigenvalue weighted by atomic mass is 32.1.